The van der Waals surface area contributed by atoms with Gasteiger partial charge < -0.3 is 9.64 Å². The van der Waals surface area contributed by atoms with E-state index in [-0.39, 0.29) is 17.7 Å². The minimum atomic E-state index is -0.485. The van der Waals surface area contributed by atoms with Crippen LogP contribution in [0.5, 0.6) is 0 Å². The van der Waals surface area contributed by atoms with Crippen LogP contribution in [0.1, 0.15) is 36.5 Å². The molecule has 21 heavy (non-hydrogen) atoms. The van der Waals surface area contributed by atoms with Crippen molar-refractivity contribution in [3.8, 4) is 0 Å². The van der Waals surface area contributed by atoms with E-state index in [1.165, 1.54) is 12.1 Å². The molecule has 1 amide bonds. The van der Waals surface area contributed by atoms with Gasteiger partial charge in [0, 0.05) is 37.4 Å². The highest BCUT2D eigenvalue weighted by atomic mass is 16.6. The summed E-state index contributed by atoms with van der Waals surface area (Å²) in [6.07, 6.45) is 2.91. The van der Waals surface area contributed by atoms with Gasteiger partial charge in [-0.3, -0.25) is 14.9 Å². The number of hydrogen-bond acceptors (Lipinski definition) is 4. The summed E-state index contributed by atoms with van der Waals surface area (Å²) in [4.78, 5) is 24.6. The molecule has 1 atom stereocenters. The van der Waals surface area contributed by atoms with Gasteiger partial charge in [-0.1, -0.05) is 13.0 Å². The lowest BCUT2D eigenvalue weighted by atomic mass is 10.1. The minimum absolute atomic E-state index is 0.0607. The van der Waals surface area contributed by atoms with Crippen molar-refractivity contribution in [1.82, 2.24) is 4.90 Å². The zero-order valence-electron chi connectivity index (χ0n) is 12.2. The predicted molar refractivity (Wildman–Crippen MR) is 78.3 cm³/mol. The second-order valence-electron chi connectivity index (χ2n) is 5.19. The Labute approximate surface area is 123 Å². The first-order valence-electron chi connectivity index (χ1n) is 7.27. The van der Waals surface area contributed by atoms with E-state index >= 15 is 0 Å². The van der Waals surface area contributed by atoms with Gasteiger partial charge in [0.1, 0.15) is 0 Å². The normalized spacial score (nSPS) is 17.7. The first kappa shape index (κ1) is 15.4. The van der Waals surface area contributed by atoms with Crippen LogP contribution in [0.3, 0.4) is 0 Å². The highest BCUT2D eigenvalue weighted by Gasteiger charge is 2.23. The molecule has 2 rings (SSSR count). The molecule has 1 fully saturated rings. The number of amides is 1. The van der Waals surface area contributed by atoms with E-state index in [0.29, 0.717) is 18.7 Å². The zero-order valence-corrected chi connectivity index (χ0v) is 12.2. The van der Waals surface area contributed by atoms with Crippen LogP contribution in [0.4, 0.5) is 5.69 Å². The predicted octanol–water partition coefficient (Wildman–Crippen LogP) is 2.63. The number of hydrogen-bond donors (Lipinski definition) is 0. The fourth-order valence-electron chi connectivity index (χ4n) is 2.51. The third-order valence-electron chi connectivity index (χ3n) is 3.53. The lowest BCUT2D eigenvalue weighted by Crippen LogP contribution is -2.37. The Morgan fingerprint density at radius 3 is 2.95 bits per heavy atom. The molecule has 1 heterocycles. The van der Waals surface area contributed by atoms with Crippen molar-refractivity contribution in [2.24, 2.45) is 0 Å². The SMILES string of the molecule is CCCN(CC1CCCO1)C(=O)c1cccc([N+](=O)[O-])c1. The zero-order chi connectivity index (χ0) is 15.2. The summed E-state index contributed by atoms with van der Waals surface area (Å²) in [5.41, 5.74) is 0.296. The quantitative estimate of drug-likeness (QED) is 0.597. The maximum atomic E-state index is 12.5. The third kappa shape index (κ3) is 4.01. The topological polar surface area (TPSA) is 72.7 Å². The molecule has 0 aliphatic carbocycles. The number of non-ortho nitro benzene ring substituents is 1. The van der Waals surface area contributed by atoms with Crippen LogP contribution in [-0.2, 0) is 4.74 Å². The monoisotopic (exact) mass is 292 g/mol. The number of carbonyl (C=O) groups excluding carboxylic acids is 1. The Morgan fingerprint density at radius 1 is 1.52 bits per heavy atom. The van der Waals surface area contributed by atoms with Gasteiger partial charge in [0.05, 0.1) is 11.0 Å². The van der Waals surface area contributed by atoms with Gasteiger partial charge in [0.25, 0.3) is 11.6 Å². The number of carbonyl (C=O) groups is 1. The van der Waals surface area contributed by atoms with Gasteiger partial charge in [-0.2, -0.15) is 0 Å². The molecule has 0 N–H and O–H groups in total. The summed E-state index contributed by atoms with van der Waals surface area (Å²) in [5.74, 6) is -0.170. The van der Waals surface area contributed by atoms with Crippen LogP contribution >= 0.6 is 0 Å². The number of rotatable bonds is 6. The second kappa shape index (κ2) is 7.17. The fourth-order valence-corrected chi connectivity index (χ4v) is 2.51. The largest absolute Gasteiger partial charge is 0.376 e. The van der Waals surface area contributed by atoms with E-state index in [4.69, 9.17) is 4.74 Å². The molecule has 1 aliphatic heterocycles. The van der Waals surface area contributed by atoms with Crippen molar-refractivity contribution in [2.75, 3.05) is 19.7 Å². The van der Waals surface area contributed by atoms with Crippen molar-refractivity contribution < 1.29 is 14.5 Å². The fraction of sp³-hybridized carbons (Fsp3) is 0.533. The van der Waals surface area contributed by atoms with E-state index in [0.717, 1.165) is 25.9 Å². The average Bonchev–Trinajstić information content (AvgIpc) is 2.99. The number of benzene rings is 1. The Kier molecular flexibility index (Phi) is 5.27. The maximum absolute atomic E-state index is 12.5. The highest BCUT2D eigenvalue weighted by molar-refractivity contribution is 5.94. The molecule has 1 unspecified atom stereocenters. The Morgan fingerprint density at radius 2 is 2.33 bits per heavy atom. The molecule has 1 aliphatic rings. The number of nitro groups is 1. The molecular formula is C15H20N2O4. The van der Waals surface area contributed by atoms with Crippen molar-refractivity contribution in [3.05, 3.63) is 39.9 Å². The van der Waals surface area contributed by atoms with Gasteiger partial charge in [-0.05, 0) is 25.3 Å². The number of ether oxygens (including phenoxy) is 1. The number of nitrogens with zero attached hydrogens (tertiary/aromatic N) is 2. The van der Waals surface area contributed by atoms with Gasteiger partial charge in [-0.15, -0.1) is 0 Å². The van der Waals surface area contributed by atoms with Crippen LogP contribution < -0.4 is 0 Å². The van der Waals surface area contributed by atoms with Gasteiger partial charge in [-0.25, -0.2) is 0 Å². The second-order valence-corrected chi connectivity index (χ2v) is 5.19. The van der Waals surface area contributed by atoms with Crippen LogP contribution in [0.25, 0.3) is 0 Å². The molecule has 114 valence electrons. The summed E-state index contributed by atoms with van der Waals surface area (Å²) < 4.78 is 5.58. The highest BCUT2D eigenvalue weighted by Crippen LogP contribution is 2.18. The summed E-state index contributed by atoms with van der Waals surface area (Å²) in [5, 5.41) is 10.8. The number of nitro benzene ring substituents is 1. The molecule has 1 aromatic rings. The molecule has 1 aromatic carbocycles. The Balaban J connectivity index is 2.12. The molecule has 0 bridgehead atoms. The first-order chi connectivity index (χ1) is 10.1. The average molecular weight is 292 g/mol. The maximum Gasteiger partial charge on any atom is 0.270 e. The molecule has 6 nitrogen and oxygen atoms in total. The van der Waals surface area contributed by atoms with Crippen molar-refractivity contribution >= 4 is 11.6 Å². The van der Waals surface area contributed by atoms with Crippen molar-refractivity contribution in [3.63, 3.8) is 0 Å². The van der Waals surface area contributed by atoms with Crippen molar-refractivity contribution in [2.45, 2.75) is 32.3 Å². The third-order valence-corrected chi connectivity index (χ3v) is 3.53. The Bertz CT molecular complexity index is 512. The standard InChI is InChI=1S/C15H20N2O4/c1-2-8-16(11-14-7-4-9-21-14)15(18)12-5-3-6-13(10-12)17(19)20/h3,5-6,10,14H,2,4,7-9,11H2,1H3. The van der Waals surface area contributed by atoms with E-state index in [9.17, 15) is 14.9 Å². The van der Waals surface area contributed by atoms with E-state index in [1.807, 2.05) is 6.92 Å². The molecule has 0 saturated carbocycles. The Hall–Kier alpha value is -1.95. The molecule has 6 heteroatoms. The van der Waals surface area contributed by atoms with Gasteiger partial charge in [0.2, 0.25) is 0 Å². The minimum Gasteiger partial charge on any atom is -0.376 e. The van der Waals surface area contributed by atoms with Gasteiger partial charge in [0.15, 0.2) is 0 Å². The molecule has 0 radical (unpaired) electrons. The van der Waals surface area contributed by atoms with E-state index in [2.05, 4.69) is 0 Å². The van der Waals surface area contributed by atoms with Crippen LogP contribution in [0.15, 0.2) is 24.3 Å². The first-order valence-corrected chi connectivity index (χ1v) is 7.27. The van der Waals surface area contributed by atoms with Gasteiger partial charge >= 0.3 is 0 Å². The summed E-state index contributed by atoms with van der Waals surface area (Å²) >= 11 is 0. The van der Waals surface area contributed by atoms with E-state index < -0.39 is 4.92 Å². The molecule has 0 aromatic heterocycles. The summed E-state index contributed by atoms with van der Waals surface area (Å²) in [6.45, 7) is 3.93. The van der Waals surface area contributed by atoms with E-state index in [1.54, 1.807) is 17.0 Å². The molecule has 0 spiro atoms. The lowest BCUT2D eigenvalue weighted by Gasteiger charge is -2.25. The van der Waals surface area contributed by atoms with Crippen LogP contribution in [-0.4, -0.2) is 41.5 Å². The van der Waals surface area contributed by atoms with Crippen molar-refractivity contribution in [1.29, 1.82) is 0 Å². The summed E-state index contributed by atoms with van der Waals surface area (Å²) in [7, 11) is 0. The van der Waals surface area contributed by atoms with Crippen LogP contribution in [0.2, 0.25) is 0 Å². The smallest absolute Gasteiger partial charge is 0.270 e. The summed E-state index contributed by atoms with van der Waals surface area (Å²) in [6, 6.07) is 5.89. The van der Waals surface area contributed by atoms with Crippen LogP contribution in [0, 0.1) is 10.1 Å². The molecular weight excluding hydrogens is 272 g/mol. The lowest BCUT2D eigenvalue weighted by molar-refractivity contribution is -0.384. The molecule has 1 saturated heterocycles.